The fraction of sp³-hybridized carbons (Fsp3) is 0.500. The van der Waals surface area contributed by atoms with Crippen LogP contribution in [0.4, 0.5) is 0 Å². The summed E-state index contributed by atoms with van der Waals surface area (Å²) < 4.78 is 4.77. The fourth-order valence-electron chi connectivity index (χ4n) is 2.35. The minimum absolute atomic E-state index is 0.108. The summed E-state index contributed by atoms with van der Waals surface area (Å²) >= 11 is 0. The van der Waals surface area contributed by atoms with Crippen molar-refractivity contribution >= 4 is 11.8 Å². The molecule has 0 fully saturated rings. The average molecular weight is 314 g/mol. The first-order chi connectivity index (χ1) is 10.9. The van der Waals surface area contributed by atoms with Gasteiger partial charge in [0.05, 0.1) is 0 Å². The molecule has 0 aliphatic heterocycles. The van der Waals surface area contributed by atoms with E-state index in [1.807, 2.05) is 6.92 Å². The van der Waals surface area contributed by atoms with Gasteiger partial charge in [-0.3, -0.25) is 9.59 Å². The van der Waals surface area contributed by atoms with Gasteiger partial charge in [-0.2, -0.15) is 0 Å². The number of hydrogen-bond acceptors (Lipinski definition) is 3. The third kappa shape index (κ3) is 7.65. The second-order valence-electron chi connectivity index (χ2n) is 5.95. The second kappa shape index (κ2) is 9.84. The minimum atomic E-state index is -0.362. The SMILES string of the molecule is CC(=O)OC/C=C(\C)C(=O)C#C/C(C)=C/CC1=C(C)CCCC1. The Hall–Kier alpha value is -2.08. The summed E-state index contributed by atoms with van der Waals surface area (Å²) in [6, 6.07) is 0. The fourth-order valence-corrected chi connectivity index (χ4v) is 2.35. The summed E-state index contributed by atoms with van der Waals surface area (Å²) in [4.78, 5) is 22.5. The van der Waals surface area contributed by atoms with Crippen LogP contribution in [0.3, 0.4) is 0 Å². The number of esters is 1. The van der Waals surface area contributed by atoms with Crippen molar-refractivity contribution in [3.05, 3.63) is 34.4 Å². The van der Waals surface area contributed by atoms with Crippen molar-refractivity contribution in [3.8, 4) is 11.8 Å². The molecule has 124 valence electrons. The zero-order valence-corrected chi connectivity index (χ0v) is 14.6. The van der Waals surface area contributed by atoms with Crippen molar-refractivity contribution in [2.24, 2.45) is 0 Å². The molecule has 0 radical (unpaired) electrons. The van der Waals surface area contributed by atoms with E-state index in [2.05, 4.69) is 24.8 Å². The molecule has 0 N–H and O–H groups in total. The van der Waals surface area contributed by atoms with E-state index in [1.54, 1.807) is 13.0 Å². The molecular weight excluding hydrogens is 288 g/mol. The smallest absolute Gasteiger partial charge is 0.302 e. The van der Waals surface area contributed by atoms with Gasteiger partial charge in [-0.15, -0.1) is 0 Å². The molecule has 0 amide bonds. The number of ether oxygens (including phenoxy) is 1. The molecular formula is C20H26O3. The van der Waals surface area contributed by atoms with Gasteiger partial charge >= 0.3 is 5.97 Å². The van der Waals surface area contributed by atoms with E-state index >= 15 is 0 Å². The zero-order chi connectivity index (χ0) is 17.2. The molecule has 1 aliphatic carbocycles. The Bertz CT molecular complexity index is 607. The van der Waals surface area contributed by atoms with Crippen LogP contribution in [0.15, 0.2) is 34.4 Å². The van der Waals surface area contributed by atoms with Crippen LogP contribution in [0.25, 0.3) is 0 Å². The number of hydrogen-bond donors (Lipinski definition) is 0. The molecule has 0 atom stereocenters. The molecule has 3 heteroatoms. The lowest BCUT2D eigenvalue weighted by Crippen LogP contribution is -2.01. The Labute approximate surface area is 139 Å². The Morgan fingerprint density at radius 2 is 1.78 bits per heavy atom. The monoisotopic (exact) mass is 314 g/mol. The van der Waals surface area contributed by atoms with E-state index in [9.17, 15) is 9.59 Å². The van der Waals surface area contributed by atoms with E-state index < -0.39 is 0 Å². The van der Waals surface area contributed by atoms with Crippen molar-refractivity contribution in [1.29, 1.82) is 0 Å². The van der Waals surface area contributed by atoms with Crippen molar-refractivity contribution in [1.82, 2.24) is 0 Å². The predicted molar refractivity (Wildman–Crippen MR) is 92.7 cm³/mol. The molecule has 0 saturated carbocycles. The van der Waals surface area contributed by atoms with Crippen molar-refractivity contribution in [2.45, 2.75) is 59.8 Å². The largest absolute Gasteiger partial charge is 0.462 e. The number of ketones is 1. The molecule has 3 nitrogen and oxygen atoms in total. The van der Waals surface area contributed by atoms with Crippen LogP contribution in [0.1, 0.15) is 59.8 Å². The van der Waals surface area contributed by atoms with Crippen LogP contribution < -0.4 is 0 Å². The molecule has 0 bridgehead atoms. The average Bonchev–Trinajstić information content (AvgIpc) is 2.51. The number of allylic oxidation sites excluding steroid dienone is 5. The molecule has 1 aliphatic rings. The number of carbonyl (C=O) groups excluding carboxylic acids is 2. The first-order valence-electron chi connectivity index (χ1n) is 8.11. The zero-order valence-electron chi connectivity index (χ0n) is 14.6. The molecule has 0 saturated heterocycles. The van der Waals surface area contributed by atoms with Gasteiger partial charge in [-0.1, -0.05) is 23.1 Å². The van der Waals surface area contributed by atoms with Gasteiger partial charge < -0.3 is 4.74 Å². The number of Topliss-reactive ketones (excluding diaryl/α,β-unsaturated/α-hetero) is 1. The van der Waals surface area contributed by atoms with E-state index in [4.69, 9.17) is 4.74 Å². The lowest BCUT2D eigenvalue weighted by atomic mass is 9.90. The Balaban J connectivity index is 2.57. The van der Waals surface area contributed by atoms with E-state index in [0.29, 0.717) is 5.57 Å². The second-order valence-corrected chi connectivity index (χ2v) is 5.95. The number of rotatable bonds is 5. The first-order valence-corrected chi connectivity index (χ1v) is 8.11. The van der Waals surface area contributed by atoms with Gasteiger partial charge in [0.2, 0.25) is 5.78 Å². The van der Waals surface area contributed by atoms with Crippen LogP contribution in [0, 0.1) is 11.8 Å². The highest BCUT2D eigenvalue weighted by molar-refractivity contribution is 6.08. The van der Waals surface area contributed by atoms with Gasteiger partial charge in [0.1, 0.15) is 6.61 Å². The van der Waals surface area contributed by atoms with Crippen molar-refractivity contribution in [3.63, 3.8) is 0 Å². The highest BCUT2D eigenvalue weighted by atomic mass is 16.5. The predicted octanol–water partition coefficient (Wildman–Crippen LogP) is 4.30. The van der Waals surface area contributed by atoms with Gasteiger partial charge in [0, 0.05) is 12.5 Å². The summed E-state index contributed by atoms with van der Waals surface area (Å²) in [5.74, 6) is 4.94. The maximum absolute atomic E-state index is 11.9. The van der Waals surface area contributed by atoms with Crippen LogP contribution >= 0.6 is 0 Å². The number of carbonyl (C=O) groups is 2. The quantitative estimate of drug-likeness (QED) is 0.250. The molecule has 0 spiro atoms. The first kappa shape index (κ1) is 19.0. The van der Waals surface area contributed by atoms with E-state index in [1.165, 1.54) is 43.8 Å². The standard InChI is InChI=1S/C20H26O3/c1-15(9-11-19-8-6-5-7-16(19)2)10-12-20(22)17(3)13-14-23-18(4)21/h9,13H,5-8,11,14H2,1-4H3/b15-9+,17-13+. The highest BCUT2D eigenvalue weighted by Crippen LogP contribution is 2.26. The van der Waals surface area contributed by atoms with E-state index in [0.717, 1.165) is 12.0 Å². The lowest BCUT2D eigenvalue weighted by molar-refractivity contribution is -0.139. The maximum Gasteiger partial charge on any atom is 0.302 e. The lowest BCUT2D eigenvalue weighted by Gasteiger charge is -2.16. The summed E-state index contributed by atoms with van der Waals surface area (Å²) in [6.45, 7) is 7.26. The maximum atomic E-state index is 11.9. The van der Waals surface area contributed by atoms with Crippen LogP contribution in [-0.2, 0) is 14.3 Å². The van der Waals surface area contributed by atoms with Gasteiger partial charge in [0.25, 0.3) is 0 Å². The summed E-state index contributed by atoms with van der Waals surface area (Å²) in [6.07, 6.45) is 9.57. The summed E-state index contributed by atoms with van der Waals surface area (Å²) in [7, 11) is 0. The molecule has 1 rings (SSSR count). The van der Waals surface area contributed by atoms with Gasteiger partial charge in [-0.25, -0.2) is 0 Å². The summed E-state index contributed by atoms with van der Waals surface area (Å²) in [5, 5.41) is 0. The molecule has 0 aromatic carbocycles. The van der Waals surface area contributed by atoms with Crippen LogP contribution in [0.5, 0.6) is 0 Å². The van der Waals surface area contributed by atoms with Crippen molar-refractivity contribution in [2.75, 3.05) is 6.61 Å². The Morgan fingerprint density at radius 3 is 2.43 bits per heavy atom. The molecule has 23 heavy (non-hydrogen) atoms. The molecule has 0 aromatic rings. The third-order valence-electron chi connectivity index (χ3n) is 3.95. The molecule has 0 aromatic heterocycles. The van der Waals surface area contributed by atoms with Gasteiger partial charge in [0.15, 0.2) is 0 Å². The van der Waals surface area contributed by atoms with Crippen LogP contribution in [-0.4, -0.2) is 18.4 Å². The topological polar surface area (TPSA) is 43.4 Å². The van der Waals surface area contributed by atoms with E-state index in [-0.39, 0.29) is 18.4 Å². The molecule has 0 heterocycles. The normalized spacial score (nSPS) is 15.8. The minimum Gasteiger partial charge on any atom is -0.462 e. The Kier molecular flexibility index (Phi) is 8.11. The van der Waals surface area contributed by atoms with Gasteiger partial charge in [-0.05, 0) is 70.4 Å². The molecule has 0 unspecified atom stereocenters. The Morgan fingerprint density at radius 1 is 1.09 bits per heavy atom. The third-order valence-corrected chi connectivity index (χ3v) is 3.95. The highest BCUT2D eigenvalue weighted by Gasteiger charge is 2.07. The van der Waals surface area contributed by atoms with Crippen molar-refractivity contribution < 1.29 is 14.3 Å². The summed E-state index contributed by atoms with van der Waals surface area (Å²) in [5.41, 5.74) is 4.43. The van der Waals surface area contributed by atoms with Crippen LogP contribution in [0.2, 0.25) is 0 Å².